The topological polar surface area (TPSA) is 136 Å². The highest BCUT2D eigenvalue weighted by molar-refractivity contribution is 9.10. The van der Waals surface area contributed by atoms with Gasteiger partial charge >= 0.3 is 11.9 Å². The van der Waals surface area contributed by atoms with Crippen LogP contribution in [0.5, 0.6) is 0 Å². The minimum atomic E-state index is -3.73. The average molecular weight is 933 g/mol. The Morgan fingerprint density at radius 2 is 1.17 bits per heavy atom. The second-order valence-electron chi connectivity index (χ2n) is 11.4. The summed E-state index contributed by atoms with van der Waals surface area (Å²) in [6.07, 6.45) is 0.425. The van der Waals surface area contributed by atoms with Crippen LogP contribution in [0.1, 0.15) is 56.4 Å². The van der Waals surface area contributed by atoms with Crippen molar-refractivity contribution in [2.45, 2.75) is 70.8 Å². The van der Waals surface area contributed by atoms with E-state index in [4.69, 9.17) is 20.2 Å². The van der Waals surface area contributed by atoms with Crippen LogP contribution < -0.4 is 5.32 Å². The summed E-state index contributed by atoms with van der Waals surface area (Å²) in [5, 5.41) is 3.20. The van der Waals surface area contributed by atoms with E-state index < -0.39 is 25.0 Å². The zero-order valence-corrected chi connectivity index (χ0v) is 35.6. The van der Waals surface area contributed by atoms with Gasteiger partial charge in [-0.05, 0) is 87.4 Å². The van der Waals surface area contributed by atoms with Gasteiger partial charge in [0.2, 0.25) is 10.0 Å². The minimum Gasteiger partial charge on any atom is -0.466 e. The smallest absolute Gasteiger partial charge is 0.307 e. The Kier molecular flexibility index (Phi) is 22.8. The van der Waals surface area contributed by atoms with Gasteiger partial charge in [-0.25, -0.2) is 16.8 Å². The van der Waals surface area contributed by atoms with E-state index in [1.54, 1.807) is 43.3 Å². The summed E-state index contributed by atoms with van der Waals surface area (Å²) >= 11 is 6.81. The number of aryl methyl sites for hydroxylation is 2. The molecule has 0 bridgehead atoms. The molecule has 0 atom stereocenters. The van der Waals surface area contributed by atoms with Crippen molar-refractivity contribution in [1.29, 1.82) is 0 Å². The van der Waals surface area contributed by atoms with Crippen LogP contribution in [-0.4, -0.2) is 59.4 Å². The van der Waals surface area contributed by atoms with Gasteiger partial charge in [-0.15, -0.1) is 0 Å². The third-order valence-electron chi connectivity index (χ3n) is 7.11. The van der Waals surface area contributed by atoms with E-state index >= 15 is 0 Å². The molecule has 4 aromatic carbocycles. The van der Waals surface area contributed by atoms with Gasteiger partial charge in [0.05, 0.1) is 35.8 Å². The van der Waals surface area contributed by atoms with Gasteiger partial charge in [-0.1, -0.05) is 98.9 Å². The van der Waals surface area contributed by atoms with Gasteiger partial charge in [0.15, 0.2) is 0 Å². The fourth-order valence-electron chi connectivity index (χ4n) is 4.44. The molecular formula is C39H49Br2ClN2O8S2. The number of carbonyl (C=O) groups is 2. The fourth-order valence-corrected chi connectivity index (χ4v) is 7.53. The molecule has 0 amide bonds. The predicted octanol–water partition coefficient (Wildman–Crippen LogP) is 8.95. The Morgan fingerprint density at radius 1 is 0.704 bits per heavy atom. The summed E-state index contributed by atoms with van der Waals surface area (Å²) in [7, 11) is -2.19. The molecule has 4 rings (SSSR count). The third-order valence-corrected chi connectivity index (χ3v) is 11.3. The number of nitrogens with zero attached hydrogens (tertiary/aromatic N) is 1. The van der Waals surface area contributed by atoms with Crippen molar-refractivity contribution < 1.29 is 35.9 Å². The standard InChI is InChI=1S/C19H22BrNO4S.C12H16BrNO2.C7H7ClO2S.CH4/c1-3-25-19(22)11-12-21(14-16-5-4-6-17(20)13-16)26(23,24)18-9-7-15(2)8-10-18;1-2-16-12(15)6-7-14-9-10-4-3-5-11(13)8-10;1-6-2-4-7(5-3-6)11(8,9)10;/h4-10,13H,3,11-12,14H2,1-2H3;3-5,8,14H,2,6-7,9H2,1H3;2-5H,1H3;1H4. The molecule has 15 heteroatoms. The van der Waals surface area contributed by atoms with Gasteiger partial charge in [0, 0.05) is 45.8 Å². The first-order chi connectivity index (χ1) is 25.0. The molecule has 0 fully saturated rings. The monoisotopic (exact) mass is 930 g/mol. The highest BCUT2D eigenvalue weighted by atomic mass is 79.9. The molecule has 0 unspecified atom stereocenters. The number of halogens is 3. The SMILES string of the molecule is C.CCOC(=O)CCN(Cc1cccc(Br)c1)S(=O)(=O)c1ccc(C)cc1.CCOC(=O)CCNCc1cccc(Br)c1.Cc1ccc(S(=O)(=O)Cl)cc1. The van der Waals surface area contributed by atoms with Crippen LogP contribution >= 0.6 is 42.5 Å². The van der Waals surface area contributed by atoms with Crippen molar-refractivity contribution in [1.82, 2.24) is 9.62 Å². The molecule has 4 aromatic rings. The summed E-state index contributed by atoms with van der Waals surface area (Å²) < 4.78 is 60.6. The van der Waals surface area contributed by atoms with Gasteiger partial charge in [0.25, 0.3) is 9.05 Å². The number of sulfonamides is 1. The molecular weight excluding hydrogens is 884 g/mol. The van der Waals surface area contributed by atoms with Crippen molar-refractivity contribution >= 4 is 73.6 Å². The largest absolute Gasteiger partial charge is 0.466 e. The summed E-state index contributed by atoms with van der Waals surface area (Å²) in [6, 6.07) is 28.6. The van der Waals surface area contributed by atoms with E-state index in [-0.39, 0.29) is 49.3 Å². The lowest BCUT2D eigenvalue weighted by Crippen LogP contribution is -2.33. The maximum absolute atomic E-state index is 13.1. The van der Waals surface area contributed by atoms with E-state index in [1.807, 2.05) is 63.2 Å². The Morgan fingerprint density at radius 3 is 1.65 bits per heavy atom. The Bertz CT molecular complexity index is 1960. The molecule has 0 saturated carbocycles. The molecule has 0 aliphatic carbocycles. The summed E-state index contributed by atoms with van der Waals surface area (Å²) in [5.41, 5.74) is 4.01. The Balaban J connectivity index is 0.000000443. The molecule has 0 spiro atoms. The lowest BCUT2D eigenvalue weighted by molar-refractivity contribution is -0.144. The predicted molar refractivity (Wildman–Crippen MR) is 222 cm³/mol. The van der Waals surface area contributed by atoms with Gasteiger partial charge in [0.1, 0.15) is 0 Å². The van der Waals surface area contributed by atoms with Crippen LogP contribution in [0.25, 0.3) is 0 Å². The van der Waals surface area contributed by atoms with Gasteiger partial charge in [-0.2, -0.15) is 4.31 Å². The molecule has 0 saturated heterocycles. The summed E-state index contributed by atoms with van der Waals surface area (Å²) in [4.78, 5) is 23.1. The fraction of sp³-hybridized carbons (Fsp3) is 0.333. The minimum absolute atomic E-state index is 0. The van der Waals surface area contributed by atoms with E-state index in [9.17, 15) is 26.4 Å². The number of hydrogen-bond acceptors (Lipinski definition) is 9. The maximum atomic E-state index is 13.1. The first-order valence-electron chi connectivity index (χ1n) is 16.6. The van der Waals surface area contributed by atoms with Crippen molar-refractivity contribution in [2.24, 2.45) is 0 Å². The number of hydrogen-bond donors (Lipinski definition) is 1. The highest BCUT2D eigenvalue weighted by Crippen LogP contribution is 2.21. The summed E-state index contributed by atoms with van der Waals surface area (Å²) in [5.74, 6) is -0.560. The first-order valence-corrected chi connectivity index (χ1v) is 22.0. The number of ether oxygens (including phenoxy) is 2. The molecule has 0 aliphatic heterocycles. The quantitative estimate of drug-likeness (QED) is 0.0704. The molecule has 0 heterocycles. The van der Waals surface area contributed by atoms with E-state index in [0.717, 1.165) is 32.2 Å². The number of benzene rings is 4. The van der Waals surface area contributed by atoms with Crippen LogP contribution in [0.2, 0.25) is 0 Å². The van der Waals surface area contributed by atoms with Gasteiger partial charge < -0.3 is 14.8 Å². The van der Waals surface area contributed by atoms with Crippen molar-refractivity contribution in [2.75, 3.05) is 26.3 Å². The van der Waals surface area contributed by atoms with Crippen LogP contribution in [0.15, 0.2) is 116 Å². The van der Waals surface area contributed by atoms with E-state index in [1.165, 1.54) is 22.0 Å². The van der Waals surface area contributed by atoms with E-state index in [2.05, 4.69) is 43.2 Å². The first kappa shape index (κ1) is 48.9. The van der Waals surface area contributed by atoms with Crippen molar-refractivity contribution in [3.63, 3.8) is 0 Å². The molecule has 10 nitrogen and oxygen atoms in total. The zero-order chi connectivity index (χ0) is 39.4. The lowest BCUT2D eigenvalue weighted by atomic mass is 10.2. The Labute approximate surface area is 342 Å². The Hall–Kier alpha value is -3.11. The molecule has 54 heavy (non-hydrogen) atoms. The van der Waals surface area contributed by atoms with Crippen LogP contribution in [-0.2, 0) is 51.2 Å². The highest BCUT2D eigenvalue weighted by Gasteiger charge is 2.25. The summed E-state index contributed by atoms with van der Waals surface area (Å²) in [6.45, 7) is 9.68. The third kappa shape index (κ3) is 19.0. The van der Waals surface area contributed by atoms with Crippen LogP contribution in [0, 0.1) is 13.8 Å². The molecule has 0 radical (unpaired) electrons. The zero-order valence-electron chi connectivity index (χ0n) is 30.1. The van der Waals surface area contributed by atoms with Crippen molar-refractivity contribution in [3.8, 4) is 0 Å². The average Bonchev–Trinajstić information content (AvgIpc) is 3.09. The number of esters is 2. The van der Waals surface area contributed by atoms with Gasteiger partial charge in [-0.3, -0.25) is 9.59 Å². The van der Waals surface area contributed by atoms with Crippen LogP contribution in [0.4, 0.5) is 0 Å². The normalized spacial score (nSPS) is 10.9. The van der Waals surface area contributed by atoms with Crippen LogP contribution in [0.3, 0.4) is 0 Å². The molecule has 296 valence electrons. The number of nitrogens with one attached hydrogen (secondary N) is 1. The second kappa shape index (κ2) is 25.1. The molecule has 1 N–H and O–H groups in total. The number of rotatable bonds is 15. The number of carbonyl (C=O) groups excluding carboxylic acids is 2. The van der Waals surface area contributed by atoms with Crippen molar-refractivity contribution in [3.05, 3.63) is 128 Å². The lowest BCUT2D eigenvalue weighted by Gasteiger charge is -2.22. The second-order valence-corrected chi connectivity index (χ2v) is 17.8. The van der Waals surface area contributed by atoms with E-state index in [0.29, 0.717) is 19.6 Å². The maximum Gasteiger partial charge on any atom is 0.307 e. The molecule has 0 aliphatic rings. The molecule has 0 aromatic heterocycles.